The van der Waals surface area contributed by atoms with Crippen molar-refractivity contribution in [2.45, 2.75) is 13.0 Å². The van der Waals surface area contributed by atoms with Gasteiger partial charge in [-0.25, -0.2) is 0 Å². The minimum absolute atomic E-state index is 0.854. The van der Waals surface area contributed by atoms with Crippen molar-refractivity contribution in [3.05, 3.63) is 29.3 Å². The molecule has 0 radical (unpaired) electrons. The van der Waals surface area contributed by atoms with Crippen LogP contribution in [-0.2, 0) is 13.0 Å². The van der Waals surface area contributed by atoms with Crippen molar-refractivity contribution < 1.29 is 4.74 Å². The smallest absolute Gasteiger partial charge is 0.122 e. The first kappa shape index (κ1) is 10.1. The molecular weight excluding hydrogens is 200 g/mol. The second kappa shape index (κ2) is 4.44. The molecular formula is C13H18N2O. The second-order valence-corrected chi connectivity index (χ2v) is 4.57. The molecule has 1 saturated heterocycles. The first-order valence-corrected chi connectivity index (χ1v) is 6.09. The van der Waals surface area contributed by atoms with Crippen LogP contribution in [0.1, 0.15) is 11.1 Å². The molecule has 0 aromatic heterocycles. The first-order chi connectivity index (χ1) is 7.92. The molecule has 3 rings (SSSR count). The number of nitrogens with zero attached hydrogens (tertiary/aromatic N) is 1. The van der Waals surface area contributed by atoms with Gasteiger partial charge < -0.3 is 10.1 Å². The minimum Gasteiger partial charge on any atom is -0.493 e. The van der Waals surface area contributed by atoms with E-state index in [1.165, 1.54) is 11.1 Å². The average Bonchev–Trinajstić information content (AvgIpc) is 2.77. The second-order valence-electron chi connectivity index (χ2n) is 4.57. The van der Waals surface area contributed by atoms with Gasteiger partial charge in [-0.05, 0) is 17.2 Å². The van der Waals surface area contributed by atoms with Gasteiger partial charge in [0.2, 0.25) is 0 Å². The number of ether oxygens (including phenoxy) is 1. The molecule has 0 spiro atoms. The summed E-state index contributed by atoms with van der Waals surface area (Å²) >= 11 is 0. The fraction of sp³-hybridized carbons (Fsp3) is 0.538. The summed E-state index contributed by atoms with van der Waals surface area (Å²) in [4.78, 5) is 2.51. The van der Waals surface area contributed by atoms with Crippen LogP contribution in [0.5, 0.6) is 5.75 Å². The van der Waals surface area contributed by atoms with Crippen molar-refractivity contribution in [3.8, 4) is 5.75 Å². The molecule has 0 saturated carbocycles. The Bertz CT molecular complexity index is 372. The first-order valence-electron chi connectivity index (χ1n) is 6.09. The Kier molecular flexibility index (Phi) is 2.80. The maximum Gasteiger partial charge on any atom is 0.122 e. The number of piperazine rings is 1. The molecule has 1 aromatic carbocycles. The highest BCUT2D eigenvalue weighted by atomic mass is 16.5. The lowest BCUT2D eigenvalue weighted by atomic mass is 10.1. The van der Waals surface area contributed by atoms with E-state index in [4.69, 9.17) is 4.74 Å². The van der Waals surface area contributed by atoms with Gasteiger partial charge in [0.15, 0.2) is 0 Å². The van der Waals surface area contributed by atoms with Crippen LogP contribution in [0.3, 0.4) is 0 Å². The molecule has 0 amide bonds. The molecule has 3 nitrogen and oxygen atoms in total. The highest BCUT2D eigenvalue weighted by Gasteiger charge is 2.14. The molecule has 0 bridgehead atoms. The lowest BCUT2D eigenvalue weighted by Crippen LogP contribution is -2.42. The number of nitrogens with one attached hydrogen (secondary N) is 1. The van der Waals surface area contributed by atoms with Gasteiger partial charge in [-0.3, -0.25) is 4.90 Å². The van der Waals surface area contributed by atoms with Crippen molar-refractivity contribution in [2.75, 3.05) is 32.8 Å². The third kappa shape index (κ3) is 2.06. The lowest BCUT2D eigenvalue weighted by Gasteiger charge is -2.27. The van der Waals surface area contributed by atoms with Gasteiger partial charge in [0.25, 0.3) is 0 Å². The highest BCUT2D eigenvalue weighted by Crippen LogP contribution is 2.26. The monoisotopic (exact) mass is 218 g/mol. The summed E-state index contributed by atoms with van der Waals surface area (Å²) in [5.74, 6) is 1.09. The van der Waals surface area contributed by atoms with Crippen LogP contribution in [0.15, 0.2) is 18.2 Å². The Balaban J connectivity index is 1.69. The van der Waals surface area contributed by atoms with E-state index in [1.54, 1.807) is 0 Å². The van der Waals surface area contributed by atoms with E-state index in [2.05, 4.69) is 28.4 Å². The number of fused-ring (bicyclic) bond motifs is 1. The SMILES string of the molecule is c1cc2c(cc1CN1CCNCC1)CCO2. The summed E-state index contributed by atoms with van der Waals surface area (Å²) in [7, 11) is 0. The van der Waals surface area contributed by atoms with Gasteiger partial charge in [0, 0.05) is 39.1 Å². The van der Waals surface area contributed by atoms with Gasteiger partial charge in [-0.15, -0.1) is 0 Å². The number of rotatable bonds is 2. The Morgan fingerprint density at radius 3 is 3.00 bits per heavy atom. The normalized spacial score (nSPS) is 20.5. The van der Waals surface area contributed by atoms with Crippen molar-refractivity contribution in [1.82, 2.24) is 10.2 Å². The molecule has 1 fully saturated rings. The number of benzene rings is 1. The van der Waals surface area contributed by atoms with Crippen LogP contribution in [0.4, 0.5) is 0 Å². The molecule has 0 unspecified atom stereocenters. The van der Waals surface area contributed by atoms with E-state index in [0.717, 1.165) is 51.5 Å². The third-order valence-corrected chi connectivity index (χ3v) is 3.37. The molecule has 2 heterocycles. The van der Waals surface area contributed by atoms with Crippen molar-refractivity contribution in [2.24, 2.45) is 0 Å². The largest absolute Gasteiger partial charge is 0.493 e. The van der Waals surface area contributed by atoms with Crippen molar-refractivity contribution >= 4 is 0 Å². The summed E-state index contributed by atoms with van der Waals surface area (Å²) < 4.78 is 5.52. The highest BCUT2D eigenvalue weighted by molar-refractivity contribution is 5.39. The minimum atomic E-state index is 0.854. The number of hydrogen-bond donors (Lipinski definition) is 1. The molecule has 16 heavy (non-hydrogen) atoms. The molecule has 0 atom stereocenters. The molecule has 0 aliphatic carbocycles. The van der Waals surface area contributed by atoms with Gasteiger partial charge in [0.1, 0.15) is 5.75 Å². The third-order valence-electron chi connectivity index (χ3n) is 3.37. The van der Waals surface area contributed by atoms with E-state index in [-0.39, 0.29) is 0 Å². The van der Waals surface area contributed by atoms with E-state index < -0.39 is 0 Å². The van der Waals surface area contributed by atoms with Crippen molar-refractivity contribution in [3.63, 3.8) is 0 Å². The summed E-state index contributed by atoms with van der Waals surface area (Å²) in [6, 6.07) is 6.64. The molecule has 1 N–H and O–H groups in total. The van der Waals surface area contributed by atoms with Gasteiger partial charge in [-0.2, -0.15) is 0 Å². The molecule has 2 aliphatic heterocycles. The molecule has 3 heteroatoms. The molecule has 86 valence electrons. The fourth-order valence-electron chi connectivity index (χ4n) is 2.47. The maximum absolute atomic E-state index is 5.52. The van der Waals surface area contributed by atoms with Crippen LogP contribution in [0.2, 0.25) is 0 Å². The van der Waals surface area contributed by atoms with E-state index >= 15 is 0 Å². The van der Waals surface area contributed by atoms with E-state index in [1.807, 2.05) is 0 Å². The zero-order chi connectivity index (χ0) is 10.8. The van der Waals surface area contributed by atoms with Crippen LogP contribution >= 0.6 is 0 Å². The summed E-state index contributed by atoms with van der Waals surface area (Å²) in [5.41, 5.74) is 2.80. The Labute approximate surface area is 96.4 Å². The van der Waals surface area contributed by atoms with Crippen LogP contribution in [0, 0.1) is 0 Å². The van der Waals surface area contributed by atoms with Crippen LogP contribution in [0.25, 0.3) is 0 Å². The van der Waals surface area contributed by atoms with Crippen LogP contribution < -0.4 is 10.1 Å². The standard InChI is InChI=1S/C13H18N2O/c1-2-13-12(3-8-16-13)9-11(1)10-15-6-4-14-5-7-15/h1-2,9,14H,3-8,10H2. The van der Waals surface area contributed by atoms with E-state index in [9.17, 15) is 0 Å². The van der Waals surface area contributed by atoms with E-state index in [0.29, 0.717) is 0 Å². The van der Waals surface area contributed by atoms with Crippen molar-refractivity contribution in [1.29, 1.82) is 0 Å². The quantitative estimate of drug-likeness (QED) is 0.802. The van der Waals surface area contributed by atoms with Gasteiger partial charge >= 0.3 is 0 Å². The van der Waals surface area contributed by atoms with Gasteiger partial charge in [0.05, 0.1) is 6.61 Å². The number of hydrogen-bond acceptors (Lipinski definition) is 3. The average molecular weight is 218 g/mol. The Hall–Kier alpha value is -1.06. The summed E-state index contributed by atoms with van der Waals surface area (Å²) in [5, 5.41) is 3.38. The molecule has 2 aliphatic rings. The maximum atomic E-state index is 5.52. The molecule has 1 aromatic rings. The summed E-state index contributed by atoms with van der Waals surface area (Å²) in [6.07, 6.45) is 1.07. The summed E-state index contributed by atoms with van der Waals surface area (Å²) in [6.45, 7) is 6.49. The Morgan fingerprint density at radius 2 is 2.12 bits per heavy atom. The zero-order valence-electron chi connectivity index (χ0n) is 9.54. The van der Waals surface area contributed by atoms with Crippen LogP contribution in [-0.4, -0.2) is 37.7 Å². The fourth-order valence-corrected chi connectivity index (χ4v) is 2.47. The van der Waals surface area contributed by atoms with Gasteiger partial charge in [-0.1, -0.05) is 12.1 Å². The topological polar surface area (TPSA) is 24.5 Å². The Morgan fingerprint density at radius 1 is 1.25 bits per heavy atom. The zero-order valence-corrected chi connectivity index (χ0v) is 9.54. The predicted molar refractivity (Wildman–Crippen MR) is 63.8 cm³/mol. The lowest BCUT2D eigenvalue weighted by molar-refractivity contribution is 0.233. The predicted octanol–water partition coefficient (Wildman–Crippen LogP) is 1.03.